The Morgan fingerprint density at radius 2 is 1.61 bits per heavy atom. The minimum Gasteiger partial charge on any atom is -0.496 e. The van der Waals surface area contributed by atoms with E-state index in [-0.39, 0.29) is 17.6 Å². The first-order valence-electron chi connectivity index (χ1n) is 11.7. The zero-order chi connectivity index (χ0) is 26.9. The van der Waals surface area contributed by atoms with Crippen LogP contribution in [0, 0.1) is 0 Å². The Labute approximate surface area is 229 Å². The highest BCUT2D eigenvalue weighted by atomic mass is 32.2. The number of amides is 2. The van der Waals surface area contributed by atoms with Gasteiger partial charge in [0.1, 0.15) is 22.8 Å². The van der Waals surface area contributed by atoms with Crippen molar-refractivity contribution in [1.82, 2.24) is 4.98 Å². The first-order chi connectivity index (χ1) is 18.5. The number of aromatic nitrogens is 1. The maximum Gasteiger partial charge on any atom is 0.263 e. The van der Waals surface area contributed by atoms with Gasteiger partial charge in [0.05, 0.1) is 32.3 Å². The van der Waals surface area contributed by atoms with E-state index in [1.54, 1.807) is 30.3 Å². The number of nitrogens with zero attached hydrogens (tertiary/aromatic N) is 1. The molecule has 0 aliphatic rings. The number of benzene rings is 3. The molecule has 1 aromatic heterocycles. The smallest absolute Gasteiger partial charge is 0.263 e. The van der Waals surface area contributed by atoms with Crippen LogP contribution in [0.3, 0.4) is 0 Å². The van der Waals surface area contributed by atoms with E-state index in [4.69, 9.17) is 14.2 Å². The van der Waals surface area contributed by atoms with Crippen LogP contribution >= 0.6 is 23.1 Å². The number of carbonyl (C=O) groups excluding carboxylic acids is 2. The van der Waals surface area contributed by atoms with Gasteiger partial charge in [-0.2, -0.15) is 0 Å². The number of hydrogen-bond donors (Lipinski definition) is 2. The van der Waals surface area contributed by atoms with Crippen molar-refractivity contribution in [2.24, 2.45) is 0 Å². The van der Waals surface area contributed by atoms with E-state index in [0.717, 1.165) is 21.9 Å². The molecule has 4 aromatic rings. The summed E-state index contributed by atoms with van der Waals surface area (Å²) < 4.78 is 16.1. The molecule has 8 nitrogen and oxygen atoms in total. The van der Waals surface area contributed by atoms with Crippen molar-refractivity contribution in [3.05, 3.63) is 77.7 Å². The lowest BCUT2D eigenvalue weighted by Crippen LogP contribution is -2.14. The monoisotopic (exact) mass is 549 g/mol. The van der Waals surface area contributed by atoms with Gasteiger partial charge in [0.2, 0.25) is 5.91 Å². The number of anilines is 2. The normalized spacial score (nSPS) is 10.5. The van der Waals surface area contributed by atoms with Gasteiger partial charge in [-0.3, -0.25) is 9.59 Å². The minimum atomic E-state index is -0.341. The molecule has 3 aromatic carbocycles. The van der Waals surface area contributed by atoms with Crippen LogP contribution in [0.5, 0.6) is 17.2 Å². The summed E-state index contributed by atoms with van der Waals surface area (Å²) in [5, 5.41) is 8.16. The molecule has 0 unspecified atom stereocenters. The molecule has 0 bridgehead atoms. The molecule has 10 heteroatoms. The Morgan fingerprint density at radius 3 is 2.24 bits per heavy atom. The molecule has 0 fully saturated rings. The molecule has 0 saturated carbocycles. The molecule has 2 amide bonds. The largest absolute Gasteiger partial charge is 0.496 e. The van der Waals surface area contributed by atoms with E-state index in [1.165, 1.54) is 37.3 Å². The van der Waals surface area contributed by atoms with Crippen molar-refractivity contribution in [3.63, 3.8) is 0 Å². The predicted octanol–water partition coefficient (Wildman–Crippen LogP) is 6.21. The van der Waals surface area contributed by atoms with Crippen LogP contribution in [0.4, 0.5) is 10.8 Å². The lowest BCUT2D eigenvalue weighted by molar-refractivity contribution is -0.113. The van der Waals surface area contributed by atoms with Gasteiger partial charge in [0.25, 0.3) is 5.91 Å². The number of methoxy groups -OCH3 is 2. The molecule has 0 aliphatic heterocycles. The zero-order valence-corrected chi connectivity index (χ0v) is 22.8. The maximum absolute atomic E-state index is 12.8. The summed E-state index contributed by atoms with van der Waals surface area (Å²) in [6.07, 6.45) is 0. The first-order valence-corrected chi connectivity index (χ1v) is 13.6. The third kappa shape index (κ3) is 6.84. The average molecular weight is 550 g/mol. The fraction of sp³-hybridized carbons (Fsp3) is 0.179. The summed E-state index contributed by atoms with van der Waals surface area (Å²) in [5.74, 6) is 1.39. The third-order valence-corrected chi connectivity index (χ3v) is 7.12. The summed E-state index contributed by atoms with van der Waals surface area (Å²) in [5.41, 5.74) is 2.68. The summed E-state index contributed by atoms with van der Waals surface area (Å²) in [6.45, 7) is 2.56. The van der Waals surface area contributed by atoms with Gasteiger partial charge in [0, 0.05) is 21.5 Å². The Kier molecular flexibility index (Phi) is 9.23. The van der Waals surface area contributed by atoms with Crippen LogP contribution in [0.1, 0.15) is 17.3 Å². The van der Waals surface area contributed by atoms with E-state index in [9.17, 15) is 9.59 Å². The van der Waals surface area contributed by atoms with E-state index in [2.05, 4.69) is 15.6 Å². The minimum absolute atomic E-state index is 0.150. The van der Waals surface area contributed by atoms with E-state index in [1.807, 2.05) is 48.7 Å². The molecule has 0 spiro atoms. The van der Waals surface area contributed by atoms with Crippen LogP contribution in [0.25, 0.3) is 11.3 Å². The van der Waals surface area contributed by atoms with Gasteiger partial charge in [-0.05, 0) is 67.6 Å². The van der Waals surface area contributed by atoms with Crippen molar-refractivity contribution < 1.29 is 23.8 Å². The number of thioether (sulfide) groups is 1. The van der Waals surface area contributed by atoms with E-state index < -0.39 is 0 Å². The highest BCUT2D eigenvalue weighted by Crippen LogP contribution is 2.30. The SMILES string of the molecule is CCOc1ccc(-c2csc(NC(=O)CSc3ccc(NC(=O)c4c(OC)cccc4OC)cc3)n2)cc1. The second-order valence-corrected chi connectivity index (χ2v) is 9.76. The highest BCUT2D eigenvalue weighted by Gasteiger charge is 2.18. The Hall–Kier alpha value is -4.02. The van der Waals surface area contributed by atoms with E-state index >= 15 is 0 Å². The van der Waals surface area contributed by atoms with Gasteiger partial charge < -0.3 is 24.8 Å². The number of ether oxygens (including phenoxy) is 3. The standard InChI is InChI=1S/C28H27N3O5S2/c1-4-36-20-12-8-18(9-13-20)22-16-38-28(30-22)31-25(32)17-37-21-14-10-19(11-15-21)29-27(33)26-23(34-2)6-5-7-24(26)35-3/h5-16H,4,17H2,1-3H3,(H,29,33)(H,30,31,32). The first kappa shape index (κ1) is 27.0. The van der Waals surface area contributed by atoms with Crippen LogP contribution in [0.15, 0.2) is 77.0 Å². The average Bonchev–Trinajstić information content (AvgIpc) is 3.41. The lowest BCUT2D eigenvalue weighted by Gasteiger charge is -2.13. The van der Waals surface area contributed by atoms with Crippen molar-refractivity contribution in [1.29, 1.82) is 0 Å². The number of rotatable bonds is 11. The fourth-order valence-corrected chi connectivity index (χ4v) is 4.99. The van der Waals surface area contributed by atoms with Gasteiger partial charge in [-0.25, -0.2) is 4.98 Å². The topological polar surface area (TPSA) is 98.8 Å². The Morgan fingerprint density at radius 1 is 0.921 bits per heavy atom. The molecule has 38 heavy (non-hydrogen) atoms. The molecule has 0 radical (unpaired) electrons. The molecule has 1 heterocycles. The van der Waals surface area contributed by atoms with E-state index in [0.29, 0.717) is 34.5 Å². The Bertz CT molecular complexity index is 1370. The number of nitrogens with one attached hydrogen (secondary N) is 2. The molecule has 0 atom stereocenters. The summed E-state index contributed by atoms with van der Waals surface area (Å²) in [7, 11) is 3.01. The molecule has 2 N–H and O–H groups in total. The lowest BCUT2D eigenvalue weighted by atomic mass is 10.1. The molecule has 0 saturated heterocycles. The van der Waals surface area contributed by atoms with Crippen molar-refractivity contribution in [2.45, 2.75) is 11.8 Å². The summed E-state index contributed by atoms with van der Waals surface area (Å²) >= 11 is 2.77. The van der Waals surface area contributed by atoms with Gasteiger partial charge in [0.15, 0.2) is 5.13 Å². The second-order valence-electron chi connectivity index (χ2n) is 7.85. The number of carbonyl (C=O) groups is 2. The number of hydrogen-bond acceptors (Lipinski definition) is 8. The van der Waals surface area contributed by atoms with Crippen molar-refractivity contribution in [2.75, 3.05) is 37.2 Å². The third-order valence-electron chi connectivity index (χ3n) is 5.35. The molecular weight excluding hydrogens is 522 g/mol. The summed E-state index contributed by atoms with van der Waals surface area (Å²) in [6, 6.07) is 20.1. The predicted molar refractivity (Wildman–Crippen MR) is 152 cm³/mol. The quantitative estimate of drug-likeness (QED) is 0.215. The molecule has 196 valence electrons. The molecule has 0 aliphatic carbocycles. The van der Waals surface area contributed by atoms with Crippen LogP contribution in [-0.2, 0) is 4.79 Å². The van der Waals surface area contributed by atoms with Gasteiger partial charge in [-0.1, -0.05) is 6.07 Å². The van der Waals surface area contributed by atoms with Gasteiger partial charge in [-0.15, -0.1) is 23.1 Å². The number of thiazole rings is 1. The van der Waals surface area contributed by atoms with Crippen LogP contribution in [-0.4, -0.2) is 43.4 Å². The highest BCUT2D eigenvalue weighted by molar-refractivity contribution is 8.00. The fourth-order valence-electron chi connectivity index (χ4n) is 3.56. The summed E-state index contributed by atoms with van der Waals surface area (Å²) in [4.78, 5) is 30.7. The van der Waals surface area contributed by atoms with Gasteiger partial charge >= 0.3 is 0 Å². The molecule has 4 rings (SSSR count). The van der Waals surface area contributed by atoms with Crippen molar-refractivity contribution >= 4 is 45.7 Å². The van der Waals surface area contributed by atoms with Crippen molar-refractivity contribution in [3.8, 4) is 28.5 Å². The molecular formula is C28H27N3O5S2. The Balaban J connectivity index is 1.29. The van der Waals surface area contributed by atoms with Crippen LogP contribution < -0.4 is 24.8 Å². The zero-order valence-electron chi connectivity index (χ0n) is 21.1. The van der Waals surface area contributed by atoms with Crippen LogP contribution in [0.2, 0.25) is 0 Å². The maximum atomic E-state index is 12.8. The second kappa shape index (κ2) is 13.0.